The van der Waals surface area contributed by atoms with Crippen LogP contribution in [0.1, 0.15) is 42.6 Å². The molecule has 0 spiro atoms. The molecule has 8 heteroatoms. The molecule has 3 heterocycles. The van der Waals surface area contributed by atoms with Crippen LogP contribution in [0.4, 0.5) is 0 Å². The summed E-state index contributed by atoms with van der Waals surface area (Å²) >= 11 is 0. The van der Waals surface area contributed by atoms with Crippen molar-refractivity contribution in [1.82, 2.24) is 20.4 Å². The Balaban J connectivity index is 1.36. The van der Waals surface area contributed by atoms with E-state index in [0.717, 1.165) is 25.9 Å². The molecule has 0 saturated carbocycles. The van der Waals surface area contributed by atoms with Crippen molar-refractivity contribution in [2.45, 2.75) is 44.2 Å². The minimum Gasteiger partial charge on any atom is -0.378 e. The maximum atomic E-state index is 12.9. The molecule has 0 bridgehead atoms. The van der Waals surface area contributed by atoms with E-state index in [9.17, 15) is 14.4 Å². The first-order valence-corrected chi connectivity index (χ1v) is 9.79. The van der Waals surface area contributed by atoms with Crippen molar-refractivity contribution < 1.29 is 14.3 Å². The number of likely N-dealkylation sites (tertiary alicyclic amines) is 1. The highest BCUT2D eigenvalue weighted by atomic mass is 16.5. The summed E-state index contributed by atoms with van der Waals surface area (Å²) < 4.78 is 5.55. The molecule has 2 amide bonds. The van der Waals surface area contributed by atoms with Crippen molar-refractivity contribution >= 4 is 22.6 Å². The number of carbonyl (C=O) groups excluding carboxylic acids is 2. The second-order valence-corrected chi connectivity index (χ2v) is 7.42. The van der Waals surface area contributed by atoms with Gasteiger partial charge in [-0.3, -0.25) is 14.4 Å². The molecule has 1 unspecified atom stereocenters. The Kier molecular flexibility index (Phi) is 5.38. The van der Waals surface area contributed by atoms with Crippen LogP contribution in [-0.2, 0) is 9.53 Å². The lowest BCUT2D eigenvalue weighted by Gasteiger charge is -2.17. The lowest BCUT2D eigenvalue weighted by Crippen LogP contribution is -2.39. The third kappa shape index (κ3) is 3.91. The molecule has 0 radical (unpaired) electrons. The standard InChI is InChI=1S/C20H24N4O4/c25-17(8-7-14-4-3-11-28-14)21-13-9-10-24(12-13)20(27)18-15-5-1-2-6-16(15)19(26)23-22-18/h1-2,5-6,13-14H,3-4,7-12H2,(H,21,25)(H,23,26)/t13?,14-/m1/s1. The fraction of sp³-hybridized carbons (Fsp3) is 0.500. The zero-order chi connectivity index (χ0) is 19.5. The summed E-state index contributed by atoms with van der Waals surface area (Å²) in [6.45, 7) is 1.78. The molecule has 2 atom stereocenters. The largest absolute Gasteiger partial charge is 0.378 e. The van der Waals surface area contributed by atoms with Crippen LogP contribution in [0.3, 0.4) is 0 Å². The van der Waals surface area contributed by atoms with Crippen molar-refractivity contribution in [3.63, 3.8) is 0 Å². The van der Waals surface area contributed by atoms with E-state index in [-0.39, 0.29) is 35.2 Å². The molecule has 1 aromatic heterocycles. The SMILES string of the molecule is O=C(CC[C@H]1CCCO1)NC1CCN(C(=O)c2n[nH]c(=O)c3ccccc23)C1. The first-order valence-electron chi connectivity index (χ1n) is 9.79. The van der Waals surface area contributed by atoms with Crippen LogP contribution >= 0.6 is 0 Å². The highest BCUT2D eigenvalue weighted by molar-refractivity contribution is 6.04. The van der Waals surface area contributed by atoms with Crippen molar-refractivity contribution in [2.75, 3.05) is 19.7 Å². The Morgan fingerprint density at radius 2 is 2.07 bits per heavy atom. The van der Waals surface area contributed by atoms with Crippen LogP contribution in [0.15, 0.2) is 29.1 Å². The minimum atomic E-state index is -0.315. The van der Waals surface area contributed by atoms with Gasteiger partial charge in [-0.2, -0.15) is 5.10 Å². The topological polar surface area (TPSA) is 104 Å². The Morgan fingerprint density at radius 3 is 2.86 bits per heavy atom. The number of benzene rings is 1. The van der Waals surface area contributed by atoms with Gasteiger partial charge < -0.3 is 15.0 Å². The third-order valence-electron chi connectivity index (χ3n) is 5.46. The van der Waals surface area contributed by atoms with Crippen molar-refractivity contribution in [2.24, 2.45) is 0 Å². The number of aromatic amines is 1. The Morgan fingerprint density at radius 1 is 1.25 bits per heavy atom. The second kappa shape index (κ2) is 8.10. The highest BCUT2D eigenvalue weighted by Crippen LogP contribution is 2.19. The quantitative estimate of drug-likeness (QED) is 0.806. The van der Waals surface area contributed by atoms with Crippen molar-refractivity contribution in [3.05, 3.63) is 40.3 Å². The summed E-state index contributed by atoms with van der Waals surface area (Å²) in [7, 11) is 0. The molecular weight excluding hydrogens is 360 g/mol. The number of hydrogen-bond acceptors (Lipinski definition) is 5. The number of amides is 2. The molecule has 2 aliphatic rings. The van der Waals surface area contributed by atoms with E-state index < -0.39 is 0 Å². The highest BCUT2D eigenvalue weighted by Gasteiger charge is 2.30. The maximum Gasteiger partial charge on any atom is 0.275 e. The summed E-state index contributed by atoms with van der Waals surface area (Å²) in [6, 6.07) is 6.87. The average molecular weight is 384 g/mol. The zero-order valence-electron chi connectivity index (χ0n) is 15.6. The number of hydrogen-bond donors (Lipinski definition) is 2. The van der Waals surface area contributed by atoms with Gasteiger partial charge in [0.05, 0.1) is 11.5 Å². The van der Waals surface area contributed by atoms with Gasteiger partial charge in [-0.25, -0.2) is 5.10 Å². The normalized spacial score (nSPS) is 21.9. The molecule has 2 fully saturated rings. The Bertz CT molecular complexity index is 935. The van der Waals surface area contributed by atoms with Crippen molar-refractivity contribution in [1.29, 1.82) is 0 Å². The van der Waals surface area contributed by atoms with E-state index in [1.54, 1.807) is 29.2 Å². The average Bonchev–Trinajstić information content (AvgIpc) is 3.38. The number of fused-ring (bicyclic) bond motifs is 1. The van der Waals surface area contributed by atoms with Crippen LogP contribution < -0.4 is 10.9 Å². The predicted molar refractivity (Wildman–Crippen MR) is 103 cm³/mol. The van der Waals surface area contributed by atoms with Crippen LogP contribution in [-0.4, -0.2) is 58.8 Å². The first kappa shape index (κ1) is 18.6. The van der Waals surface area contributed by atoms with Crippen LogP contribution in [0.2, 0.25) is 0 Å². The molecule has 2 saturated heterocycles. The van der Waals surface area contributed by atoms with Crippen molar-refractivity contribution in [3.8, 4) is 0 Å². The predicted octanol–water partition coefficient (Wildman–Crippen LogP) is 1.21. The van der Waals surface area contributed by atoms with Gasteiger partial charge in [0, 0.05) is 37.5 Å². The van der Waals surface area contributed by atoms with Gasteiger partial charge in [0.1, 0.15) is 0 Å². The fourth-order valence-electron chi connectivity index (χ4n) is 3.95. The lowest BCUT2D eigenvalue weighted by molar-refractivity contribution is -0.122. The molecule has 4 rings (SSSR count). The lowest BCUT2D eigenvalue weighted by atomic mass is 10.1. The Labute approximate surface area is 162 Å². The van der Waals surface area contributed by atoms with Gasteiger partial charge in [0.15, 0.2) is 5.69 Å². The van der Waals surface area contributed by atoms with Gasteiger partial charge >= 0.3 is 0 Å². The monoisotopic (exact) mass is 384 g/mol. The maximum absolute atomic E-state index is 12.9. The summed E-state index contributed by atoms with van der Waals surface area (Å²) in [5, 5.41) is 10.4. The van der Waals surface area contributed by atoms with Crippen LogP contribution in [0, 0.1) is 0 Å². The van der Waals surface area contributed by atoms with Gasteiger partial charge in [-0.1, -0.05) is 18.2 Å². The minimum absolute atomic E-state index is 0.00224. The number of carbonyl (C=O) groups is 2. The number of nitrogens with one attached hydrogen (secondary N) is 2. The molecule has 2 N–H and O–H groups in total. The summed E-state index contributed by atoms with van der Waals surface area (Å²) in [4.78, 5) is 38.7. The van der Waals surface area contributed by atoms with E-state index in [2.05, 4.69) is 15.5 Å². The van der Waals surface area contributed by atoms with Gasteiger partial charge in [0.25, 0.3) is 11.5 Å². The number of nitrogens with zero attached hydrogens (tertiary/aromatic N) is 2. The van der Waals surface area contributed by atoms with E-state index in [0.29, 0.717) is 36.7 Å². The smallest absolute Gasteiger partial charge is 0.275 e. The van der Waals surface area contributed by atoms with E-state index >= 15 is 0 Å². The number of ether oxygens (including phenoxy) is 1. The summed E-state index contributed by atoms with van der Waals surface area (Å²) in [6.07, 6.45) is 4.19. The second-order valence-electron chi connectivity index (χ2n) is 7.42. The van der Waals surface area contributed by atoms with Crippen LogP contribution in [0.25, 0.3) is 10.8 Å². The zero-order valence-corrected chi connectivity index (χ0v) is 15.6. The molecule has 1 aromatic carbocycles. The Hall–Kier alpha value is -2.74. The van der Waals surface area contributed by atoms with E-state index in [1.807, 2.05) is 0 Å². The van der Waals surface area contributed by atoms with Crippen LogP contribution in [0.5, 0.6) is 0 Å². The molecule has 8 nitrogen and oxygen atoms in total. The number of rotatable bonds is 5. The molecule has 2 aromatic rings. The molecule has 28 heavy (non-hydrogen) atoms. The molecule has 0 aliphatic carbocycles. The van der Waals surface area contributed by atoms with E-state index in [1.165, 1.54) is 0 Å². The van der Waals surface area contributed by atoms with Gasteiger partial charge in [-0.05, 0) is 31.7 Å². The third-order valence-corrected chi connectivity index (χ3v) is 5.46. The molecular formula is C20H24N4O4. The first-order chi connectivity index (χ1) is 13.6. The van der Waals surface area contributed by atoms with Gasteiger partial charge in [0.2, 0.25) is 5.91 Å². The summed E-state index contributed by atoms with van der Waals surface area (Å²) in [5.41, 5.74) is -0.0782. The molecule has 148 valence electrons. The number of aromatic nitrogens is 2. The van der Waals surface area contributed by atoms with E-state index in [4.69, 9.17) is 4.74 Å². The molecule has 2 aliphatic heterocycles. The summed E-state index contributed by atoms with van der Waals surface area (Å²) in [5.74, 6) is -0.231. The van der Waals surface area contributed by atoms with Gasteiger partial charge in [-0.15, -0.1) is 0 Å². The number of H-pyrrole nitrogens is 1. The fourth-order valence-corrected chi connectivity index (χ4v) is 3.95.